The Labute approximate surface area is 121 Å². The van der Waals surface area contributed by atoms with E-state index in [-0.39, 0.29) is 6.03 Å². The molecule has 2 amide bonds. The van der Waals surface area contributed by atoms with Crippen molar-refractivity contribution in [3.8, 4) is 0 Å². The maximum atomic E-state index is 12.3. The third-order valence-corrected chi connectivity index (χ3v) is 5.37. The van der Waals surface area contributed by atoms with Crippen molar-refractivity contribution >= 4 is 34.5 Å². The second kappa shape index (κ2) is 5.66. The van der Waals surface area contributed by atoms with E-state index in [1.165, 1.54) is 42.6 Å². The molecule has 2 atom stereocenters. The van der Waals surface area contributed by atoms with Crippen LogP contribution in [0.4, 0.5) is 9.93 Å². The average molecular weight is 298 g/mol. The number of carbonyl (C=O) groups is 1. The lowest BCUT2D eigenvalue weighted by Crippen LogP contribution is -2.41. The number of anilines is 1. The fourth-order valence-electron chi connectivity index (χ4n) is 3.16. The number of hydrogen-bond donors (Lipinski definition) is 1. The number of hydrogen-bond acceptors (Lipinski definition) is 5. The predicted molar refractivity (Wildman–Crippen MR) is 77.8 cm³/mol. The molecule has 2 aliphatic rings. The van der Waals surface area contributed by atoms with Gasteiger partial charge in [-0.25, -0.2) is 4.79 Å². The molecule has 104 valence electrons. The van der Waals surface area contributed by atoms with Gasteiger partial charge in [-0.2, -0.15) is 9.36 Å². The molecule has 0 radical (unpaired) electrons. The number of thioether (sulfide) groups is 1. The van der Waals surface area contributed by atoms with Crippen molar-refractivity contribution in [2.45, 2.75) is 43.3 Å². The molecular weight excluding hydrogens is 280 g/mol. The first-order chi connectivity index (χ1) is 9.28. The molecular formula is C12H18N4OS2. The number of fused-ring (bicyclic) bond motifs is 1. The molecule has 1 saturated carbocycles. The van der Waals surface area contributed by atoms with Gasteiger partial charge in [-0.15, -0.1) is 0 Å². The van der Waals surface area contributed by atoms with Crippen molar-refractivity contribution in [2.24, 2.45) is 5.92 Å². The molecule has 1 aromatic rings. The van der Waals surface area contributed by atoms with Crippen LogP contribution in [0, 0.1) is 5.92 Å². The van der Waals surface area contributed by atoms with Gasteiger partial charge in [-0.3, -0.25) is 5.32 Å². The quantitative estimate of drug-likeness (QED) is 0.853. The Bertz CT molecular complexity index is 464. The van der Waals surface area contributed by atoms with Crippen LogP contribution in [0.2, 0.25) is 0 Å². The van der Waals surface area contributed by atoms with Gasteiger partial charge in [-0.05, 0) is 31.4 Å². The highest BCUT2D eigenvalue weighted by molar-refractivity contribution is 7.98. The van der Waals surface area contributed by atoms with Gasteiger partial charge in [0.25, 0.3) is 0 Å². The van der Waals surface area contributed by atoms with Gasteiger partial charge in [0.1, 0.15) is 0 Å². The topological polar surface area (TPSA) is 58.1 Å². The van der Waals surface area contributed by atoms with E-state index in [2.05, 4.69) is 14.7 Å². The molecule has 2 heterocycles. The summed E-state index contributed by atoms with van der Waals surface area (Å²) in [6, 6.07) is 0.444. The van der Waals surface area contributed by atoms with E-state index in [1.54, 1.807) is 0 Å². The molecule has 7 heteroatoms. The van der Waals surface area contributed by atoms with E-state index in [1.807, 2.05) is 11.2 Å². The molecule has 2 unspecified atom stereocenters. The van der Waals surface area contributed by atoms with Crippen molar-refractivity contribution < 1.29 is 4.79 Å². The summed E-state index contributed by atoms with van der Waals surface area (Å²) in [5.74, 6) is 0.718. The first-order valence-corrected chi connectivity index (χ1v) is 8.73. The zero-order valence-electron chi connectivity index (χ0n) is 11.0. The number of nitrogens with one attached hydrogen (secondary N) is 1. The summed E-state index contributed by atoms with van der Waals surface area (Å²) in [6.07, 6.45) is 8.10. The first kappa shape index (κ1) is 13.2. The average Bonchev–Trinajstić information content (AvgIpc) is 3.04. The van der Waals surface area contributed by atoms with Crippen LogP contribution in [-0.4, -0.2) is 39.1 Å². The van der Waals surface area contributed by atoms with E-state index in [0.29, 0.717) is 11.2 Å². The summed E-state index contributed by atoms with van der Waals surface area (Å²) < 4.78 is 4.16. The SMILES string of the molecule is CSc1nsc(NC(=O)N2CCC3CCCCC32)n1. The van der Waals surface area contributed by atoms with Gasteiger partial charge in [0, 0.05) is 24.1 Å². The van der Waals surface area contributed by atoms with Gasteiger partial charge in [0.2, 0.25) is 10.3 Å². The van der Waals surface area contributed by atoms with Crippen LogP contribution >= 0.6 is 23.3 Å². The van der Waals surface area contributed by atoms with E-state index in [0.717, 1.165) is 30.5 Å². The van der Waals surface area contributed by atoms with Gasteiger partial charge in [-0.1, -0.05) is 24.6 Å². The van der Waals surface area contributed by atoms with E-state index in [4.69, 9.17) is 0 Å². The summed E-state index contributed by atoms with van der Waals surface area (Å²) in [5.41, 5.74) is 0. The number of rotatable bonds is 2. The third kappa shape index (κ3) is 2.72. The molecule has 1 saturated heterocycles. The molecule has 1 aliphatic carbocycles. The lowest BCUT2D eigenvalue weighted by molar-refractivity contribution is 0.181. The van der Waals surface area contributed by atoms with Crippen LogP contribution in [-0.2, 0) is 0 Å². The van der Waals surface area contributed by atoms with E-state index in [9.17, 15) is 4.79 Å². The van der Waals surface area contributed by atoms with Crippen LogP contribution in [0.3, 0.4) is 0 Å². The zero-order chi connectivity index (χ0) is 13.2. The van der Waals surface area contributed by atoms with Gasteiger partial charge < -0.3 is 4.90 Å². The standard InChI is InChI=1S/C12H18N4OS2/c1-18-11-13-10(19-15-11)14-12(17)16-7-6-8-4-2-3-5-9(8)16/h8-9H,2-7H2,1H3,(H,13,14,15,17). The summed E-state index contributed by atoms with van der Waals surface area (Å²) in [4.78, 5) is 18.6. The van der Waals surface area contributed by atoms with Crippen molar-refractivity contribution in [1.82, 2.24) is 14.3 Å². The van der Waals surface area contributed by atoms with Crippen LogP contribution in [0.15, 0.2) is 5.16 Å². The van der Waals surface area contributed by atoms with Crippen molar-refractivity contribution in [3.63, 3.8) is 0 Å². The minimum absolute atomic E-state index is 0.00166. The molecule has 2 fully saturated rings. The molecule has 3 rings (SSSR count). The largest absolute Gasteiger partial charge is 0.323 e. The Kier molecular flexibility index (Phi) is 3.93. The summed E-state index contributed by atoms with van der Waals surface area (Å²) in [7, 11) is 0. The second-order valence-corrected chi connectivity index (χ2v) is 6.64. The minimum Gasteiger partial charge on any atom is -0.321 e. The summed E-state index contributed by atoms with van der Waals surface area (Å²) in [5, 5.41) is 4.22. The van der Waals surface area contributed by atoms with Crippen LogP contribution < -0.4 is 5.32 Å². The fraction of sp³-hybridized carbons (Fsp3) is 0.750. The zero-order valence-corrected chi connectivity index (χ0v) is 12.6. The Morgan fingerprint density at radius 3 is 3.05 bits per heavy atom. The molecule has 19 heavy (non-hydrogen) atoms. The first-order valence-electron chi connectivity index (χ1n) is 6.73. The van der Waals surface area contributed by atoms with E-state index >= 15 is 0 Å². The monoisotopic (exact) mass is 298 g/mol. The molecule has 1 N–H and O–H groups in total. The van der Waals surface area contributed by atoms with Crippen LogP contribution in [0.1, 0.15) is 32.1 Å². The maximum absolute atomic E-state index is 12.3. The Balaban J connectivity index is 1.63. The summed E-state index contributed by atoms with van der Waals surface area (Å²) >= 11 is 2.74. The number of urea groups is 1. The molecule has 0 aromatic carbocycles. The highest BCUT2D eigenvalue weighted by Crippen LogP contribution is 2.36. The number of carbonyl (C=O) groups excluding carboxylic acids is 1. The van der Waals surface area contributed by atoms with E-state index < -0.39 is 0 Å². The third-order valence-electron chi connectivity index (χ3n) is 4.07. The Hall–Kier alpha value is -0.820. The van der Waals surface area contributed by atoms with Crippen LogP contribution in [0.5, 0.6) is 0 Å². The lowest BCUT2D eigenvalue weighted by atomic mass is 9.85. The number of aromatic nitrogens is 2. The summed E-state index contributed by atoms with van der Waals surface area (Å²) in [6.45, 7) is 0.884. The minimum atomic E-state index is -0.00166. The normalized spacial score (nSPS) is 26.3. The van der Waals surface area contributed by atoms with Gasteiger partial charge in [0.15, 0.2) is 0 Å². The number of likely N-dealkylation sites (tertiary alicyclic amines) is 1. The highest BCUT2D eigenvalue weighted by atomic mass is 32.2. The number of nitrogens with zero attached hydrogens (tertiary/aromatic N) is 3. The number of amides is 2. The van der Waals surface area contributed by atoms with Crippen molar-refractivity contribution in [2.75, 3.05) is 18.1 Å². The Morgan fingerprint density at radius 2 is 2.26 bits per heavy atom. The maximum Gasteiger partial charge on any atom is 0.323 e. The van der Waals surface area contributed by atoms with Gasteiger partial charge >= 0.3 is 6.03 Å². The smallest absolute Gasteiger partial charge is 0.321 e. The lowest BCUT2D eigenvalue weighted by Gasteiger charge is -2.31. The molecule has 1 aliphatic heterocycles. The van der Waals surface area contributed by atoms with Crippen molar-refractivity contribution in [1.29, 1.82) is 0 Å². The van der Waals surface area contributed by atoms with Crippen LogP contribution in [0.25, 0.3) is 0 Å². The fourth-order valence-corrected chi connectivity index (χ4v) is 4.28. The molecule has 5 nitrogen and oxygen atoms in total. The van der Waals surface area contributed by atoms with Gasteiger partial charge in [0.05, 0.1) is 0 Å². The molecule has 0 spiro atoms. The highest BCUT2D eigenvalue weighted by Gasteiger charge is 2.38. The van der Waals surface area contributed by atoms with Crippen molar-refractivity contribution in [3.05, 3.63) is 0 Å². The molecule has 1 aromatic heterocycles. The predicted octanol–water partition coefficient (Wildman–Crippen LogP) is 3.06. The Morgan fingerprint density at radius 1 is 1.42 bits per heavy atom. The second-order valence-electron chi connectivity index (χ2n) is 5.11. The molecule has 0 bridgehead atoms.